The highest BCUT2D eigenvalue weighted by Crippen LogP contribution is 2.39. The second kappa shape index (κ2) is 10.6. The van der Waals surface area contributed by atoms with E-state index in [9.17, 15) is 23.2 Å². The van der Waals surface area contributed by atoms with Crippen molar-refractivity contribution in [2.45, 2.75) is 24.6 Å². The number of piperazine rings is 1. The summed E-state index contributed by atoms with van der Waals surface area (Å²) in [5.41, 5.74) is 1.28. The zero-order chi connectivity index (χ0) is 29.5. The number of carbonyl (C=O) groups is 1. The normalized spacial score (nSPS) is 17.2. The largest absolute Gasteiger partial charge is 0.419 e. The highest BCUT2D eigenvalue weighted by molar-refractivity contribution is 5.79. The molecule has 2 fully saturated rings. The average molecular weight is 579 g/mol. The summed E-state index contributed by atoms with van der Waals surface area (Å²) in [6.45, 7) is 3.85. The lowest BCUT2D eigenvalue weighted by Crippen LogP contribution is -2.63. The predicted octanol–water partition coefficient (Wildman–Crippen LogP) is 3.13. The number of carbonyl (C=O) groups excluding carboxylic acids is 1. The molecule has 0 unspecified atom stereocenters. The van der Waals surface area contributed by atoms with Crippen LogP contribution in [-0.2, 0) is 22.9 Å². The third-order valence-corrected chi connectivity index (χ3v) is 7.88. The van der Waals surface area contributed by atoms with Crippen LogP contribution >= 0.6 is 0 Å². The Morgan fingerprint density at radius 1 is 1.12 bits per heavy atom. The molecule has 218 valence electrons. The fourth-order valence-electron chi connectivity index (χ4n) is 5.42. The molecule has 1 aromatic carbocycles. The maximum Gasteiger partial charge on any atom is 0.419 e. The Morgan fingerprint density at radius 2 is 1.86 bits per heavy atom. The second-order valence-corrected chi connectivity index (χ2v) is 10.9. The van der Waals surface area contributed by atoms with Gasteiger partial charge in [0.25, 0.3) is 0 Å². The number of nitrogens with zero attached hydrogens (tertiary/aromatic N) is 9. The molecule has 1 amide bonds. The number of pyridine rings is 1. The summed E-state index contributed by atoms with van der Waals surface area (Å²) in [6.07, 6.45) is -0.635. The molecule has 3 aromatic heterocycles. The van der Waals surface area contributed by atoms with Gasteiger partial charge in [-0.2, -0.15) is 28.5 Å². The van der Waals surface area contributed by atoms with Crippen LogP contribution in [0.25, 0.3) is 5.65 Å². The van der Waals surface area contributed by atoms with Crippen LogP contribution in [0.2, 0.25) is 0 Å². The van der Waals surface area contributed by atoms with Crippen molar-refractivity contribution in [1.29, 1.82) is 5.26 Å². The SMILES string of the molecule is CN1CCN(C(=O)Cc2ccc(Nc3nc4c(N5CC(CC#N)(n6cc(C(F)(F)F)cn6)C5)cccn4n3)cc2)CC1. The first-order valence-corrected chi connectivity index (χ1v) is 13.6. The first-order chi connectivity index (χ1) is 20.1. The predicted molar refractivity (Wildman–Crippen MR) is 148 cm³/mol. The topological polar surface area (TPSA) is 111 Å². The molecular weight excluding hydrogens is 549 g/mol. The molecule has 2 aliphatic rings. The molecule has 0 aliphatic carbocycles. The molecule has 2 saturated heterocycles. The minimum absolute atomic E-state index is 0.0159. The van der Waals surface area contributed by atoms with Crippen molar-refractivity contribution in [1.82, 2.24) is 34.2 Å². The molecule has 42 heavy (non-hydrogen) atoms. The van der Waals surface area contributed by atoms with Crippen molar-refractivity contribution in [3.05, 3.63) is 66.1 Å². The van der Waals surface area contributed by atoms with Crippen LogP contribution in [-0.4, -0.2) is 86.4 Å². The molecule has 1 N–H and O–H groups in total. The van der Waals surface area contributed by atoms with Crippen molar-refractivity contribution in [2.24, 2.45) is 0 Å². The zero-order valence-corrected chi connectivity index (χ0v) is 22.9. The summed E-state index contributed by atoms with van der Waals surface area (Å²) < 4.78 is 42.3. The standard InChI is InChI=1S/C28H29F3N10O/c1-37-11-13-38(14-12-37)24(42)15-20-4-6-22(7-5-20)34-26-35-25-23(3-2-10-40(25)36-26)39-18-27(19-39,8-9-32)41-17-21(16-33-41)28(29,30)31/h2-7,10,16-17H,8,11-15,18-19H2,1H3,(H,34,36). The van der Waals surface area contributed by atoms with Crippen LogP contribution in [0.1, 0.15) is 17.5 Å². The lowest BCUT2D eigenvalue weighted by molar-refractivity contribution is -0.137. The molecule has 2 aliphatic heterocycles. The Labute approximate surface area is 239 Å². The van der Waals surface area contributed by atoms with Crippen LogP contribution < -0.4 is 10.2 Å². The van der Waals surface area contributed by atoms with Gasteiger partial charge in [0, 0.05) is 57.3 Å². The zero-order valence-electron chi connectivity index (χ0n) is 22.9. The van der Waals surface area contributed by atoms with Gasteiger partial charge in [-0.25, -0.2) is 4.52 Å². The van der Waals surface area contributed by atoms with Crippen LogP contribution in [0.4, 0.5) is 30.5 Å². The summed E-state index contributed by atoms with van der Waals surface area (Å²) in [6, 6.07) is 13.3. The second-order valence-electron chi connectivity index (χ2n) is 10.9. The van der Waals surface area contributed by atoms with Crippen molar-refractivity contribution < 1.29 is 18.0 Å². The summed E-state index contributed by atoms with van der Waals surface area (Å²) in [4.78, 5) is 23.4. The number of halogens is 3. The van der Waals surface area contributed by atoms with Gasteiger partial charge in [-0.3, -0.25) is 9.48 Å². The minimum atomic E-state index is -4.51. The Bertz CT molecular complexity index is 1620. The van der Waals surface area contributed by atoms with Crippen molar-refractivity contribution in [3.63, 3.8) is 0 Å². The van der Waals surface area contributed by atoms with Gasteiger partial charge in [0.1, 0.15) is 5.54 Å². The highest BCUT2D eigenvalue weighted by atomic mass is 19.4. The Kier molecular flexibility index (Phi) is 6.97. The molecule has 11 nitrogen and oxygen atoms in total. The summed E-state index contributed by atoms with van der Waals surface area (Å²) in [7, 11) is 2.06. The number of benzene rings is 1. The quantitative estimate of drug-likeness (QED) is 0.356. The highest BCUT2D eigenvalue weighted by Gasteiger charge is 2.47. The van der Waals surface area contributed by atoms with Crippen molar-refractivity contribution in [3.8, 4) is 6.07 Å². The number of anilines is 3. The summed E-state index contributed by atoms with van der Waals surface area (Å²) >= 11 is 0. The molecule has 6 rings (SSSR count). The van der Waals surface area contributed by atoms with Crippen molar-refractivity contribution in [2.75, 3.05) is 56.5 Å². The Balaban J connectivity index is 1.13. The van der Waals surface area contributed by atoms with E-state index in [4.69, 9.17) is 0 Å². The van der Waals surface area contributed by atoms with Gasteiger partial charge < -0.3 is 20.0 Å². The number of likely N-dealkylation sites (N-methyl/N-ethyl adjacent to an activating group) is 1. The molecule has 0 saturated carbocycles. The van der Waals surface area contributed by atoms with E-state index < -0.39 is 17.3 Å². The maximum absolute atomic E-state index is 13.2. The van der Waals surface area contributed by atoms with Crippen LogP contribution in [0.5, 0.6) is 0 Å². The lowest BCUT2D eigenvalue weighted by Gasteiger charge is -2.50. The third-order valence-electron chi connectivity index (χ3n) is 7.88. The maximum atomic E-state index is 13.2. The Morgan fingerprint density at radius 3 is 2.52 bits per heavy atom. The van der Waals surface area contributed by atoms with Gasteiger partial charge in [-0.05, 0) is 36.9 Å². The Hall–Kier alpha value is -4.64. The molecule has 0 radical (unpaired) electrons. The molecular formula is C28H29F3N10O. The first kappa shape index (κ1) is 27.5. The monoisotopic (exact) mass is 578 g/mol. The van der Waals surface area contributed by atoms with Crippen LogP contribution in [0, 0.1) is 11.3 Å². The average Bonchev–Trinajstić information content (AvgIpc) is 3.60. The molecule has 0 atom stereocenters. The number of amides is 1. The van der Waals surface area contributed by atoms with Gasteiger partial charge in [0.2, 0.25) is 11.9 Å². The van der Waals surface area contributed by atoms with Gasteiger partial charge in [-0.1, -0.05) is 12.1 Å². The van der Waals surface area contributed by atoms with Gasteiger partial charge in [-0.15, -0.1) is 5.10 Å². The van der Waals surface area contributed by atoms with Gasteiger partial charge in [0.05, 0.1) is 36.4 Å². The molecule has 0 spiro atoms. The fourth-order valence-corrected chi connectivity index (χ4v) is 5.42. The number of nitrogens with one attached hydrogen (secondary N) is 1. The number of hydrogen-bond acceptors (Lipinski definition) is 8. The van der Waals surface area contributed by atoms with Crippen molar-refractivity contribution >= 4 is 28.9 Å². The number of nitriles is 1. The van der Waals surface area contributed by atoms with Crippen LogP contribution in [0.15, 0.2) is 55.0 Å². The van der Waals surface area contributed by atoms with Crippen LogP contribution in [0.3, 0.4) is 0 Å². The summed E-state index contributed by atoms with van der Waals surface area (Å²) in [5.74, 6) is 0.492. The van der Waals surface area contributed by atoms with Gasteiger partial charge in [0.15, 0.2) is 5.65 Å². The smallest absolute Gasteiger partial charge is 0.363 e. The summed E-state index contributed by atoms with van der Waals surface area (Å²) in [5, 5.41) is 21.1. The molecule has 5 heterocycles. The number of fused-ring (bicyclic) bond motifs is 1. The third kappa shape index (κ3) is 5.35. The van der Waals surface area contributed by atoms with Gasteiger partial charge >= 0.3 is 6.18 Å². The number of aromatic nitrogens is 5. The molecule has 14 heteroatoms. The first-order valence-electron chi connectivity index (χ1n) is 13.6. The fraction of sp³-hybridized carbons (Fsp3) is 0.393. The number of rotatable bonds is 7. The van der Waals surface area contributed by atoms with E-state index in [1.165, 1.54) is 4.68 Å². The lowest BCUT2D eigenvalue weighted by atomic mass is 9.86. The van der Waals surface area contributed by atoms with E-state index >= 15 is 0 Å². The van der Waals surface area contributed by atoms with E-state index in [0.29, 0.717) is 31.1 Å². The number of hydrogen-bond donors (Lipinski definition) is 1. The van der Waals surface area contributed by atoms with E-state index in [0.717, 1.165) is 55.5 Å². The molecule has 4 aromatic rings. The van der Waals surface area contributed by atoms with E-state index in [1.54, 1.807) is 10.7 Å². The van der Waals surface area contributed by atoms with E-state index in [1.807, 2.05) is 46.2 Å². The van der Waals surface area contributed by atoms with E-state index in [2.05, 4.69) is 38.5 Å². The number of alkyl halides is 3. The molecule has 0 bridgehead atoms. The van der Waals surface area contributed by atoms with E-state index in [-0.39, 0.29) is 12.3 Å². The minimum Gasteiger partial charge on any atom is -0.363 e.